The number of nitro benzene ring substituents is 1. The summed E-state index contributed by atoms with van der Waals surface area (Å²) in [7, 11) is 3.70. The number of non-ortho nitro benzene ring substituents is 1. The van der Waals surface area contributed by atoms with Gasteiger partial charge in [0.2, 0.25) is 18.9 Å². The molecule has 15 atom stereocenters. The molecular weight excluding hydrogens is 1830 g/mol. The van der Waals surface area contributed by atoms with E-state index in [4.69, 9.17) is 136 Å². The van der Waals surface area contributed by atoms with Crippen molar-refractivity contribution in [2.75, 3.05) is 193 Å². The van der Waals surface area contributed by atoms with Gasteiger partial charge in [-0.1, -0.05) is 71.6 Å². The number of hydrogen-bond donors (Lipinski definition) is 5. The number of terminal acetylenes is 2. The molecule has 0 saturated carbocycles. The van der Waals surface area contributed by atoms with Crippen molar-refractivity contribution in [2.24, 2.45) is 35.5 Å². The average molecular weight is 1960 g/mol. The first-order chi connectivity index (χ1) is 66.4. The van der Waals surface area contributed by atoms with Gasteiger partial charge >= 0.3 is 47.9 Å². The number of carboxylic acids is 1. The Kier molecular flexibility index (Phi) is 56.2. The standard InChI is InChI=1S/C41H54N2O18.C34H51NO14.C19H24O9/c1-6-14-51-16-18-53-20-22-55-24-25-56-23-21-54-19-17-52-15-13-42-38(45)34-26-31(27-57-41(47)59-33-10-8-32(9-11-33)43(48)49)7-12-35(34)60-40-37(58-30(4)44)29(3)28(2)36(61-40)39(46)50-5;1-6-10-41-12-14-43-16-18-45-20-21-46-19-17-44-15-13-42-11-9-35-32(38)28-22-27(23-36)7-8-29(28)48-34-31(47-26(4)37)25(3)24(2)30(49-34)33(39)40-5;1-9-10(2)16(26-11(3)21)19(28-15(9)18(24)25-4)27-14-6-5-12(8-20)7-13(14)17(22)23/h1,7-12,26,28-29,36-37,40H,13-25,27H2,2-5H3,(H,42,45);1,7-8,22,24-25,30-31,34,36H,9-21,23H2,2-5H3,(H,35,38);5-7,9-10,15-16,19-20H,8H2,1-4H3,(H,22,23)/t28-,29-,36-,37+,40+;24-,25-,30-,31+,34+;9-,10-,15-,16+,19+/m000/s1. The van der Waals surface area contributed by atoms with Crippen LogP contribution in [0.1, 0.15) is 110 Å². The molecule has 766 valence electrons. The van der Waals surface area contributed by atoms with Crippen LogP contribution in [0, 0.1) is 70.3 Å². The second kappa shape index (κ2) is 66.2. The summed E-state index contributed by atoms with van der Waals surface area (Å²) >= 11 is 0. The minimum absolute atomic E-state index is 0.00211. The summed E-state index contributed by atoms with van der Waals surface area (Å²) in [5.41, 5.74) is 0.927. The topological polar surface area (TPSA) is 539 Å². The van der Waals surface area contributed by atoms with Crippen molar-refractivity contribution in [1.82, 2.24) is 10.6 Å². The number of nitrogens with zero attached hydrogens (tertiary/aromatic N) is 1. The summed E-state index contributed by atoms with van der Waals surface area (Å²) in [5.74, 6) is -3.34. The molecule has 44 nitrogen and oxygen atoms in total. The Morgan fingerprint density at radius 1 is 0.399 bits per heavy atom. The van der Waals surface area contributed by atoms with Crippen LogP contribution in [0.3, 0.4) is 0 Å². The summed E-state index contributed by atoms with van der Waals surface area (Å²) in [6.07, 6.45) is -0.407. The Labute approximate surface area is 800 Å². The molecule has 0 bridgehead atoms. The minimum Gasteiger partial charge on any atom is -0.478 e. The van der Waals surface area contributed by atoms with Gasteiger partial charge in [-0.15, -0.1) is 12.8 Å². The van der Waals surface area contributed by atoms with Crippen LogP contribution in [0.2, 0.25) is 0 Å². The molecule has 3 heterocycles. The SMILES string of the molecule is C#CCOCCOCCOCCOCCOCCOCCNC(=O)c1cc(CO)ccc1O[C@@H]1O[C@H](C(=O)OC)[C@@H](C)[C@H](C)[C@H]1OC(C)=O.C#CCOCCOCCOCCOCCOCCOCCNC(=O)c1cc(COC(=O)Oc2ccc([N+](=O)[O-])cc2)ccc1O[C@@H]1O[C@H](C(=O)OC)[C@@H](C)[C@H](C)[C@H]1OC(C)=O.COC(=O)[C@H]1O[C@@H](Oc2ccc(CO)cc2C(=O)O)[C@H](OC(C)=O)[C@@H](C)[C@@H]1C. The maximum absolute atomic E-state index is 13.6. The molecule has 5 N–H and O–H groups in total. The number of carbonyl (C=O) groups excluding carboxylic acids is 9. The van der Waals surface area contributed by atoms with Gasteiger partial charge in [0.1, 0.15) is 48.4 Å². The van der Waals surface area contributed by atoms with Crippen molar-refractivity contribution < 1.29 is 191 Å². The molecule has 4 aromatic carbocycles. The summed E-state index contributed by atoms with van der Waals surface area (Å²) in [6.45, 7) is 22.6. The van der Waals surface area contributed by atoms with Gasteiger partial charge in [0, 0.05) is 63.7 Å². The third-order valence-corrected chi connectivity index (χ3v) is 21.0. The van der Waals surface area contributed by atoms with Gasteiger partial charge in [-0.25, -0.2) is 24.0 Å². The average Bonchev–Trinajstić information content (AvgIpc) is 0.796. The van der Waals surface area contributed by atoms with E-state index in [1.807, 2.05) is 6.92 Å². The molecule has 4 aromatic rings. The highest BCUT2D eigenvalue weighted by Crippen LogP contribution is 2.40. The maximum Gasteiger partial charge on any atom is 0.514 e. The third-order valence-electron chi connectivity index (χ3n) is 21.0. The Bertz CT molecular complexity index is 4470. The molecule has 138 heavy (non-hydrogen) atoms. The normalized spacial score (nSPS) is 20.8. The number of amides is 2. The third kappa shape index (κ3) is 42.1. The van der Waals surface area contributed by atoms with Crippen molar-refractivity contribution >= 4 is 65.4 Å². The van der Waals surface area contributed by atoms with Crippen LogP contribution in [0.4, 0.5) is 10.5 Å². The van der Waals surface area contributed by atoms with Gasteiger partial charge in [0.05, 0.1) is 196 Å². The van der Waals surface area contributed by atoms with Gasteiger partial charge in [-0.2, -0.15) is 0 Å². The van der Waals surface area contributed by atoms with Crippen LogP contribution >= 0.6 is 0 Å². The van der Waals surface area contributed by atoms with Crippen LogP contribution in [-0.2, 0) is 153 Å². The van der Waals surface area contributed by atoms with E-state index < -0.39 is 132 Å². The number of methoxy groups -OCH3 is 3. The number of benzene rings is 4. The lowest BCUT2D eigenvalue weighted by molar-refractivity contribution is -0.384. The number of nitrogens with one attached hydrogen (secondary N) is 2. The molecule has 44 heteroatoms. The van der Waals surface area contributed by atoms with E-state index in [0.717, 1.165) is 0 Å². The molecule has 0 aliphatic carbocycles. The number of hydrogen-bond acceptors (Lipinski definition) is 40. The van der Waals surface area contributed by atoms with Gasteiger partial charge < -0.3 is 149 Å². The number of carboxylic acid groups (broad SMARTS) is 1. The van der Waals surface area contributed by atoms with Crippen molar-refractivity contribution in [3.05, 3.63) is 122 Å². The number of aliphatic hydroxyl groups excluding tert-OH is 2. The number of esters is 6. The number of rotatable bonds is 59. The molecular formula is C94H129N3O41. The number of aliphatic hydroxyl groups is 2. The summed E-state index contributed by atoms with van der Waals surface area (Å²) < 4.78 is 142. The lowest BCUT2D eigenvalue weighted by Gasteiger charge is -2.42. The molecule has 3 aliphatic rings. The second-order valence-corrected chi connectivity index (χ2v) is 30.7. The summed E-state index contributed by atoms with van der Waals surface area (Å²) in [6, 6.07) is 17.9. The van der Waals surface area contributed by atoms with E-state index >= 15 is 0 Å². The molecule has 0 spiro atoms. The van der Waals surface area contributed by atoms with Gasteiger partial charge in [-0.3, -0.25) is 34.1 Å². The first kappa shape index (κ1) is 117. The highest BCUT2D eigenvalue weighted by molar-refractivity contribution is 5.98. The van der Waals surface area contributed by atoms with Crippen LogP contribution in [-0.4, -0.2) is 328 Å². The molecule has 0 unspecified atom stereocenters. The Balaban J connectivity index is 0.000000389. The monoisotopic (exact) mass is 1960 g/mol. The van der Waals surface area contributed by atoms with E-state index in [9.17, 15) is 73.4 Å². The highest BCUT2D eigenvalue weighted by Gasteiger charge is 2.51. The molecule has 0 radical (unpaired) electrons. The van der Waals surface area contributed by atoms with Gasteiger partial charge in [-0.05, 0) is 83.0 Å². The van der Waals surface area contributed by atoms with Crippen molar-refractivity contribution in [1.29, 1.82) is 0 Å². The fourth-order valence-electron chi connectivity index (χ4n) is 13.3. The molecule has 0 aromatic heterocycles. The van der Waals surface area contributed by atoms with E-state index in [2.05, 4.69) is 22.5 Å². The molecule has 7 rings (SSSR count). The van der Waals surface area contributed by atoms with Crippen LogP contribution < -0.4 is 29.6 Å². The second-order valence-electron chi connectivity index (χ2n) is 30.7. The van der Waals surface area contributed by atoms with Crippen molar-refractivity contribution in [3.63, 3.8) is 0 Å². The lowest BCUT2D eigenvalue weighted by atomic mass is 9.83. The maximum atomic E-state index is 13.6. The number of nitro groups is 1. The van der Waals surface area contributed by atoms with E-state index in [-0.39, 0.29) is 142 Å². The molecule has 3 fully saturated rings. The predicted molar refractivity (Wildman–Crippen MR) is 480 cm³/mol. The van der Waals surface area contributed by atoms with E-state index in [1.165, 1.54) is 115 Å². The van der Waals surface area contributed by atoms with E-state index in [0.29, 0.717) is 136 Å². The molecule has 3 saturated heterocycles. The molecule has 2 amide bonds. The predicted octanol–water partition coefficient (Wildman–Crippen LogP) is 5.73. The van der Waals surface area contributed by atoms with Gasteiger partial charge in [0.25, 0.3) is 17.5 Å². The number of aromatic carboxylic acids is 1. The quantitative estimate of drug-likeness (QED) is 0.00669. The summed E-state index contributed by atoms with van der Waals surface area (Å²) in [4.78, 5) is 134. The largest absolute Gasteiger partial charge is 0.514 e. The van der Waals surface area contributed by atoms with Crippen LogP contribution in [0.5, 0.6) is 23.0 Å². The van der Waals surface area contributed by atoms with E-state index in [1.54, 1.807) is 40.7 Å². The fourth-order valence-corrected chi connectivity index (χ4v) is 13.3. The summed E-state index contributed by atoms with van der Waals surface area (Å²) in [5, 5.41) is 44.8. The number of ether oxygens (including phenoxy) is 26. The zero-order valence-corrected chi connectivity index (χ0v) is 79.6. The smallest absolute Gasteiger partial charge is 0.478 e. The Morgan fingerprint density at radius 3 is 0.964 bits per heavy atom. The lowest BCUT2D eigenvalue weighted by Crippen LogP contribution is -2.55. The highest BCUT2D eigenvalue weighted by atomic mass is 16.8. The van der Waals surface area contributed by atoms with Gasteiger partial charge in [0.15, 0.2) is 36.6 Å². The fraction of sp³-hybridized carbons (Fsp3) is 0.596. The Morgan fingerprint density at radius 2 is 0.681 bits per heavy atom. The van der Waals surface area contributed by atoms with Crippen molar-refractivity contribution in [2.45, 2.75) is 138 Å². The molecule has 3 aliphatic heterocycles. The zero-order valence-electron chi connectivity index (χ0n) is 79.6. The zero-order chi connectivity index (χ0) is 101. The van der Waals surface area contributed by atoms with Crippen LogP contribution in [0.15, 0.2) is 78.9 Å². The first-order valence-electron chi connectivity index (χ1n) is 44.4. The minimum atomic E-state index is -1.33. The first-order valence-corrected chi connectivity index (χ1v) is 44.4. The number of carbonyl (C=O) groups is 10. The van der Waals surface area contributed by atoms with Crippen LogP contribution in [0.25, 0.3) is 0 Å². The Hall–Kier alpha value is -11.4. The van der Waals surface area contributed by atoms with Crippen molar-refractivity contribution in [3.8, 4) is 47.7 Å².